The second-order valence-corrected chi connectivity index (χ2v) is 6.39. The third kappa shape index (κ3) is 2.65. The van der Waals surface area contributed by atoms with E-state index in [1.165, 1.54) is 25.7 Å². The van der Waals surface area contributed by atoms with Crippen molar-refractivity contribution < 1.29 is 19.0 Å². The van der Waals surface area contributed by atoms with E-state index in [2.05, 4.69) is 0 Å². The van der Waals surface area contributed by atoms with Gasteiger partial charge in [-0.3, -0.25) is 4.79 Å². The zero-order valence-electron chi connectivity index (χ0n) is 11.8. The van der Waals surface area contributed by atoms with Gasteiger partial charge in [-0.25, -0.2) is 0 Å². The van der Waals surface area contributed by atoms with E-state index in [-0.39, 0.29) is 11.8 Å². The third-order valence-corrected chi connectivity index (χ3v) is 5.09. The van der Waals surface area contributed by atoms with Crippen LogP contribution in [0.5, 0.6) is 0 Å². The SMILES string of the molecule is CCOC(=O)CC1CC2(CCC3(CC2)OCCO3)C1. The van der Waals surface area contributed by atoms with Crippen LogP contribution in [0.4, 0.5) is 0 Å². The van der Waals surface area contributed by atoms with Gasteiger partial charge < -0.3 is 14.2 Å². The largest absolute Gasteiger partial charge is 0.466 e. The monoisotopic (exact) mass is 268 g/mol. The van der Waals surface area contributed by atoms with E-state index in [4.69, 9.17) is 14.2 Å². The summed E-state index contributed by atoms with van der Waals surface area (Å²) in [6, 6.07) is 0. The minimum atomic E-state index is -0.253. The van der Waals surface area contributed by atoms with E-state index in [0.717, 1.165) is 26.1 Å². The molecular weight excluding hydrogens is 244 g/mol. The van der Waals surface area contributed by atoms with E-state index in [1.54, 1.807) is 0 Å². The molecule has 2 aliphatic carbocycles. The molecule has 3 rings (SSSR count). The maximum atomic E-state index is 11.5. The molecule has 4 heteroatoms. The van der Waals surface area contributed by atoms with Crippen LogP contribution in [0.15, 0.2) is 0 Å². The van der Waals surface area contributed by atoms with Gasteiger partial charge in [0.05, 0.1) is 19.8 Å². The van der Waals surface area contributed by atoms with Gasteiger partial charge >= 0.3 is 5.97 Å². The number of ether oxygens (including phenoxy) is 3. The number of esters is 1. The second kappa shape index (κ2) is 5.06. The van der Waals surface area contributed by atoms with Crippen LogP contribution in [0.3, 0.4) is 0 Å². The molecule has 3 aliphatic rings. The summed E-state index contributed by atoms with van der Waals surface area (Å²) in [6.07, 6.45) is 7.40. The Kier molecular flexibility index (Phi) is 3.56. The van der Waals surface area contributed by atoms with Gasteiger partial charge in [0.2, 0.25) is 0 Å². The Morgan fingerprint density at radius 3 is 2.37 bits per heavy atom. The van der Waals surface area contributed by atoms with Crippen LogP contribution in [0.2, 0.25) is 0 Å². The maximum Gasteiger partial charge on any atom is 0.306 e. The molecule has 0 unspecified atom stereocenters. The van der Waals surface area contributed by atoms with Crippen molar-refractivity contribution in [3.05, 3.63) is 0 Å². The molecule has 0 atom stereocenters. The van der Waals surface area contributed by atoms with Crippen molar-refractivity contribution in [1.29, 1.82) is 0 Å². The molecule has 1 heterocycles. The maximum absolute atomic E-state index is 11.5. The topological polar surface area (TPSA) is 44.8 Å². The molecule has 3 fully saturated rings. The van der Waals surface area contributed by atoms with Crippen molar-refractivity contribution in [2.75, 3.05) is 19.8 Å². The first-order valence-electron chi connectivity index (χ1n) is 7.59. The van der Waals surface area contributed by atoms with E-state index < -0.39 is 0 Å². The van der Waals surface area contributed by atoms with E-state index in [1.807, 2.05) is 6.92 Å². The van der Waals surface area contributed by atoms with Crippen molar-refractivity contribution in [2.45, 2.75) is 57.7 Å². The van der Waals surface area contributed by atoms with Gasteiger partial charge in [-0.1, -0.05) is 0 Å². The highest BCUT2D eigenvalue weighted by Gasteiger charge is 2.51. The molecule has 1 aliphatic heterocycles. The third-order valence-electron chi connectivity index (χ3n) is 5.09. The molecule has 2 spiro atoms. The lowest BCUT2D eigenvalue weighted by Gasteiger charge is -2.53. The van der Waals surface area contributed by atoms with Gasteiger partial charge in [0.25, 0.3) is 0 Å². The van der Waals surface area contributed by atoms with Crippen LogP contribution < -0.4 is 0 Å². The zero-order chi connectivity index (χ0) is 13.3. The quantitative estimate of drug-likeness (QED) is 0.738. The van der Waals surface area contributed by atoms with Crippen LogP contribution in [-0.4, -0.2) is 31.6 Å². The molecule has 0 amide bonds. The van der Waals surface area contributed by atoms with Crippen molar-refractivity contribution >= 4 is 5.97 Å². The summed E-state index contributed by atoms with van der Waals surface area (Å²) >= 11 is 0. The van der Waals surface area contributed by atoms with Crippen LogP contribution in [0, 0.1) is 11.3 Å². The Balaban J connectivity index is 1.44. The van der Waals surface area contributed by atoms with E-state index in [9.17, 15) is 4.79 Å². The lowest BCUT2D eigenvalue weighted by atomic mass is 9.54. The first-order valence-corrected chi connectivity index (χ1v) is 7.59. The number of hydrogen-bond acceptors (Lipinski definition) is 4. The summed E-state index contributed by atoms with van der Waals surface area (Å²) in [4.78, 5) is 11.5. The van der Waals surface area contributed by atoms with Gasteiger partial charge in [-0.2, -0.15) is 0 Å². The summed E-state index contributed by atoms with van der Waals surface area (Å²) in [5.74, 6) is 0.257. The predicted octanol–water partition coefficient (Wildman–Crippen LogP) is 2.65. The summed E-state index contributed by atoms with van der Waals surface area (Å²) in [5, 5.41) is 0. The Labute approximate surface area is 114 Å². The van der Waals surface area contributed by atoms with Gasteiger partial charge in [-0.05, 0) is 43.9 Å². The molecule has 2 saturated carbocycles. The molecule has 0 N–H and O–H groups in total. The second-order valence-electron chi connectivity index (χ2n) is 6.39. The summed E-state index contributed by atoms with van der Waals surface area (Å²) in [7, 11) is 0. The normalized spacial score (nSPS) is 28.5. The van der Waals surface area contributed by atoms with Gasteiger partial charge in [0.15, 0.2) is 5.79 Å². The molecule has 0 aromatic heterocycles. The molecule has 1 saturated heterocycles. The fourth-order valence-electron chi connectivity index (χ4n) is 4.12. The van der Waals surface area contributed by atoms with Gasteiger partial charge in [-0.15, -0.1) is 0 Å². The number of carbonyl (C=O) groups excluding carboxylic acids is 1. The minimum Gasteiger partial charge on any atom is -0.466 e. The highest BCUT2D eigenvalue weighted by molar-refractivity contribution is 5.69. The van der Waals surface area contributed by atoms with E-state index >= 15 is 0 Å². The Morgan fingerprint density at radius 1 is 1.16 bits per heavy atom. The molecule has 19 heavy (non-hydrogen) atoms. The van der Waals surface area contributed by atoms with Gasteiger partial charge in [0, 0.05) is 19.3 Å². The standard InChI is InChI=1S/C15H24O4/c1-2-17-13(16)9-12-10-14(11-12)3-5-15(6-4-14)18-7-8-19-15/h12H,2-11H2,1H3. The Bertz CT molecular complexity index is 328. The summed E-state index contributed by atoms with van der Waals surface area (Å²) < 4.78 is 16.6. The molecule has 0 aromatic carbocycles. The molecule has 0 bridgehead atoms. The summed E-state index contributed by atoms with van der Waals surface area (Å²) in [5.41, 5.74) is 0.470. The molecule has 0 aromatic rings. The highest BCUT2D eigenvalue weighted by Crippen LogP contribution is 2.58. The van der Waals surface area contributed by atoms with Crippen molar-refractivity contribution in [3.63, 3.8) is 0 Å². The molecule has 4 nitrogen and oxygen atoms in total. The predicted molar refractivity (Wildman–Crippen MR) is 69.5 cm³/mol. The smallest absolute Gasteiger partial charge is 0.306 e. The fourth-order valence-corrected chi connectivity index (χ4v) is 4.12. The van der Waals surface area contributed by atoms with Crippen LogP contribution in [0.25, 0.3) is 0 Å². The van der Waals surface area contributed by atoms with Crippen LogP contribution in [0.1, 0.15) is 51.9 Å². The molecular formula is C15H24O4. The van der Waals surface area contributed by atoms with Crippen LogP contribution in [-0.2, 0) is 19.0 Å². The lowest BCUT2D eigenvalue weighted by molar-refractivity contribution is -0.203. The first kappa shape index (κ1) is 13.4. The average molecular weight is 268 g/mol. The first-order chi connectivity index (χ1) is 9.15. The number of carbonyl (C=O) groups is 1. The highest BCUT2D eigenvalue weighted by atomic mass is 16.7. The van der Waals surface area contributed by atoms with Crippen molar-refractivity contribution in [1.82, 2.24) is 0 Å². The Hall–Kier alpha value is -0.610. The van der Waals surface area contributed by atoms with Crippen molar-refractivity contribution in [3.8, 4) is 0 Å². The lowest BCUT2D eigenvalue weighted by Crippen LogP contribution is -2.46. The van der Waals surface area contributed by atoms with Gasteiger partial charge in [0.1, 0.15) is 0 Å². The fraction of sp³-hybridized carbons (Fsp3) is 0.933. The van der Waals surface area contributed by atoms with E-state index in [0.29, 0.717) is 24.4 Å². The number of rotatable bonds is 3. The average Bonchev–Trinajstić information content (AvgIpc) is 2.79. The van der Waals surface area contributed by atoms with Crippen LogP contribution >= 0.6 is 0 Å². The molecule has 108 valence electrons. The Morgan fingerprint density at radius 2 is 1.79 bits per heavy atom. The minimum absolute atomic E-state index is 0.0305. The molecule has 0 radical (unpaired) electrons. The number of hydrogen-bond donors (Lipinski definition) is 0. The zero-order valence-corrected chi connectivity index (χ0v) is 11.8. The summed E-state index contributed by atoms with van der Waals surface area (Å²) in [6.45, 7) is 3.85. The van der Waals surface area contributed by atoms with Crippen molar-refractivity contribution in [2.24, 2.45) is 11.3 Å².